The maximum absolute atomic E-state index is 13.6. The molecule has 0 fully saturated rings. The van der Waals surface area contributed by atoms with Gasteiger partial charge in [0.1, 0.15) is 12.4 Å². The summed E-state index contributed by atoms with van der Waals surface area (Å²) in [6.45, 7) is 2.25. The first-order chi connectivity index (χ1) is 11.5. The van der Waals surface area contributed by atoms with Crippen LogP contribution in [-0.2, 0) is 17.9 Å². The predicted molar refractivity (Wildman–Crippen MR) is 91.0 cm³/mol. The lowest BCUT2D eigenvalue weighted by molar-refractivity contribution is -0.116. The van der Waals surface area contributed by atoms with Crippen LogP contribution in [0.4, 0.5) is 10.1 Å². The number of hydrogen-bond donors (Lipinski definition) is 1. The van der Waals surface area contributed by atoms with Crippen molar-refractivity contribution in [3.8, 4) is 0 Å². The van der Waals surface area contributed by atoms with E-state index in [9.17, 15) is 9.18 Å². The molecular weight excluding hydrogens is 377 g/mol. The first-order valence-corrected chi connectivity index (χ1v) is 8.06. The van der Waals surface area contributed by atoms with Crippen molar-refractivity contribution in [3.05, 3.63) is 64.4 Å². The number of halogens is 2. The van der Waals surface area contributed by atoms with Crippen LogP contribution < -0.4 is 5.32 Å². The number of aromatic nitrogens is 4. The molecule has 2 heterocycles. The smallest absolute Gasteiger partial charge is 0.246 e. The van der Waals surface area contributed by atoms with Gasteiger partial charge in [-0.1, -0.05) is 18.2 Å². The van der Waals surface area contributed by atoms with Crippen molar-refractivity contribution in [2.45, 2.75) is 20.0 Å². The molecule has 0 saturated heterocycles. The minimum atomic E-state index is -0.279. The third-order valence-electron chi connectivity index (χ3n) is 3.40. The van der Waals surface area contributed by atoms with Gasteiger partial charge in [-0.25, -0.2) is 4.39 Å². The summed E-state index contributed by atoms with van der Waals surface area (Å²) in [5, 5.41) is 11.1. The number of benzene rings is 1. The molecule has 2 aromatic heterocycles. The van der Waals surface area contributed by atoms with Crippen LogP contribution in [0.1, 0.15) is 11.3 Å². The lowest BCUT2D eigenvalue weighted by Crippen LogP contribution is -2.18. The third kappa shape index (κ3) is 3.88. The van der Waals surface area contributed by atoms with Crippen molar-refractivity contribution < 1.29 is 9.18 Å². The quantitative estimate of drug-likeness (QED) is 0.726. The van der Waals surface area contributed by atoms with Gasteiger partial charge in [-0.2, -0.15) is 10.2 Å². The van der Waals surface area contributed by atoms with E-state index in [2.05, 4.69) is 31.4 Å². The molecule has 8 heteroatoms. The fourth-order valence-corrected chi connectivity index (χ4v) is 2.55. The van der Waals surface area contributed by atoms with E-state index in [1.165, 1.54) is 12.3 Å². The molecule has 0 spiro atoms. The minimum absolute atomic E-state index is 0.102. The largest absolute Gasteiger partial charge is 0.322 e. The second-order valence-corrected chi connectivity index (χ2v) is 6.18. The van der Waals surface area contributed by atoms with Gasteiger partial charge in [0.15, 0.2) is 0 Å². The molecule has 1 N–H and O–H groups in total. The number of carbonyl (C=O) groups is 1. The molecule has 0 aliphatic heterocycles. The number of nitrogens with zero attached hydrogens (tertiary/aromatic N) is 4. The van der Waals surface area contributed by atoms with Gasteiger partial charge < -0.3 is 5.32 Å². The normalized spacial score (nSPS) is 10.8. The van der Waals surface area contributed by atoms with E-state index < -0.39 is 0 Å². The monoisotopic (exact) mass is 391 g/mol. The minimum Gasteiger partial charge on any atom is -0.322 e. The Morgan fingerprint density at radius 3 is 2.79 bits per heavy atom. The fourth-order valence-electron chi connectivity index (χ4n) is 2.24. The van der Waals surface area contributed by atoms with Crippen LogP contribution in [0.2, 0.25) is 0 Å². The lowest BCUT2D eigenvalue weighted by Gasteiger charge is -2.04. The van der Waals surface area contributed by atoms with Crippen molar-refractivity contribution in [3.63, 3.8) is 0 Å². The van der Waals surface area contributed by atoms with Gasteiger partial charge in [0, 0.05) is 18.0 Å². The zero-order valence-electron chi connectivity index (χ0n) is 12.9. The summed E-state index contributed by atoms with van der Waals surface area (Å²) in [5.41, 5.74) is 1.91. The first-order valence-electron chi connectivity index (χ1n) is 7.26. The zero-order valence-corrected chi connectivity index (χ0v) is 14.5. The Kier molecular flexibility index (Phi) is 4.75. The summed E-state index contributed by atoms with van der Waals surface area (Å²) in [7, 11) is 0. The van der Waals surface area contributed by atoms with Crippen LogP contribution in [-0.4, -0.2) is 25.5 Å². The Bertz CT molecular complexity index is 853. The Labute approximate surface area is 146 Å². The average molecular weight is 392 g/mol. The molecule has 0 radical (unpaired) electrons. The van der Waals surface area contributed by atoms with Crippen LogP contribution >= 0.6 is 15.9 Å². The number of aryl methyl sites for hydroxylation is 1. The third-order valence-corrected chi connectivity index (χ3v) is 4.18. The van der Waals surface area contributed by atoms with Crippen molar-refractivity contribution in [1.29, 1.82) is 0 Å². The standard InChI is InChI=1S/C16H15BrFN5O/c1-11-14(17)9-23(21-11)10-16(24)20-13-6-19-22(8-13)7-12-4-2-3-5-15(12)18/h2-6,8-9H,7,10H2,1H3,(H,20,24). The Morgan fingerprint density at radius 1 is 1.29 bits per heavy atom. The molecule has 0 bridgehead atoms. The Balaban J connectivity index is 1.61. The van der Waals surface area contributed by atoms with Gasteiger partial charge in [-0.15, -0.1) is 0 Å². The summed E-state index contributed by atoms with van der Waals surface area (Å²) in [6.07, 6.45) is 4.94. The van der Waals surface area contributed by atoms with Gasteiger partial charge in [0.05, 0.1) is 28.6 Å². The number of amides is 1. The number of nitrogens with one attached hydrogen (secondary N) is 1. The van der Waals surface area contributed by atoms with Crippen molar-refractivity contribution >= 4 is 27.5 Å². The highest BCUT2D eigenvalue weighted by molar-refractivity contribution is 9.10. The van der Waals surface area contributed by atoms with Crippen LogP contribution in [0.25, 0.3) is 0 Å². The average Bonchev–Trinajstić information content (AvgIpc) is 3.08. The lowest BCUT2D eigenvalue weighted by atomic mass is 10.2. The predicted octanol–water partition coefficient (Wildman–Crippen LogP) is 2.98. The summed E-state index contributed by atoms with van der Waals surface area (Å²) < 4.78 is 17.6. The number of carbonyl (C=O) groups excluding carboxylic acids is 1. The number of hydrogen-bond acceptors (Lipinski definition) is 3. The fraction of sp³-hybridized carbons (Fsp3) is 0.188. The SMILES string of the molecule is Cc1nn(CC(=O)Nc2cnn(Cc3ccccc3F)c2)cc1Br. The molecule has 24 heavy (non-hydrogen) atoms. The van der Waals surface area contributed by atoms with E-state index in [4.69, 9.17) is 0 Å². The number of rotatable bonds is 5. The van der Waals surface area contributed by atoms with E-state index in [0.717, 1.165) is 10.2 Å². The van der Waals surface area contributed by atoms with Gasteiger partial charge in [0.2, 0.25) is 5.91 Å². The second kappa shape index (κ2) is 6.96. The maximum atomic E-state index is 13.6. The zero-order chi connectivity index (χ0) is 17.1. The van der Waals surface area contributed by atoms with E-state index in [-0.39, 0.29) is 18.3 Å². The van der Waals surface area contributed by atoms with E-state index in [1.807, 2.05) is 6.92 Å². The molecule has 0 unspecified atom stereocenters. The molecule has 0 aliphatic rings. The molecule has 3 aromatic rings. The highest BCUT2D eigenvalue weighted by Gasteiger charge is 2.09. The Morgan fingerprint density at radius 2 is 2.08 bits per heavy atom. The summed E-state index contributed by atoms with van der Waals surface area (Å²) in [6, 6.07) is 6.52. The van der Waals surface area contributed by atoms with Gasteiger partial charge in [0.25, 0.3) is 0 Å². The molecule has 0 saturated carbocycles. The Hall–Kier alpha value is -2.48. The van der Waals surface area contributed by atoms with Crippen LogP contribution in [0, 0.1) is 12.7 Å². The van der Waals surface area contributed by atoms with Crippen molar-refractivity contribution in [1.82, 2.24) is 19.6 Å². The highest BCUT2D eigenvalue weighted by Crippen LogP contribution is 2.14. The van der Waals surface area contributed by atoms with E-state index in [1.54, 1.807) is 40.0 Å². The summed E-state index contributed by atoms with van der Waals surface area (Å²) in [4.78, 5) is 12.0. The van der Waals surface area contributed by atoms with Crippen LogP contribution in [0.15, 0.2) is 47.3 Å². The molecule has 1 aromatic carbocycles. The summed E-state index contributed by atoms with van der Waals surface area (Å²) in [5.74, 6) is -0.492. The van der Waals surface area contributed by atoms with E-state index in [0.29, 0.717) is 17.8 Å². The topological polar surface area (TPSA) is 64.7 Å². The highest BCUT2D eigenvalue weighted by atomic mass is 79.9. The second-order valence-electron chi connectivity index (χ2n) is 5.33. The van der Waals surface area contributed by atoms with Crippen molar-refractivity contribution in [2.75, 3.05) is 5.32 Å². The molecular formula is C16H15BrFN5O. The van der Waals surface area contributed by atoms with E-state index >= 15 is 0 Å². The van der Waals surface area contributed by atoms with Gasteiger partial charge >= 0.3 is 0 Å². The molecule has 3 rings (SSSR count). The van der Waals surface area contributed by atoms with Crippen LogP contribution in [0.3, 0.4) is 0 Å². The van der Waals surface area contributed by atoms with Crippen LogP contribution in [0.5, 0.6) is 0 Å². The first kappa shape index (κ1) is 16.4. The number of anilines is 1. The van der Waals surface area contributed by atoms with Crippen molar-refractivity contribution in [2.24, 2.45) is 0 Å². The molecule has 6 nitrogen and oxygen atoms in total. The van der Waals surface area contributed by atoms with Gasteiger partial charge in [-0.3, -0.25) is 14.2 Å². The molecule has 124 valence electrons. The molecule has 0 atom stereocenters. The molecule has 1 amide bonds. The van der Waals surface area contributed by atoms with Gasteiger partial charge in [-0.05, 0) is 28.9 Å². The molecule has 0 aliphatic carbocycles. The summed E-state index contributed by atoms with van der Waals surface area (Å²) >= 11 is 3.35. The maximum Gasteiger partial charge on any atom is 0.246 e.